The molecule has 0 aromatic carbocycles. The Balaban J connectivity index is 2.09. The van der Waals surface area contributed by atoms with E-state index in [1.165, 1.54) is 0 Å². The van der Waals surface area contributed by atoms with E-state index in [0.717, 1.165) is 0 Å². The molecule has 1 rings (SSSR count). The van der Waals surface area contributed by atoms with Crippen molar-refractivity contribution >= 4 is 0 Å². The van der Waals surface area contributed by atoms with Gasteiger partial charge in [0.2, 0.25) is 0 Å². The van der Waals surface area contributed by atoms with Crippen molar-refractivity contribution in [2.45, 2.75) is 0 Å². The molecule has 1 saturated heterocycles. The van der Waals surface area contributed by atoms with Crippen LogP contribution < -0.4 is 0 Å². The summed E-state index contributed by atoms with van der Waals surface area (Å²) in [7, 11) is 0. The van der Waals surface area contributed by atoms with Gasteiger partial charge in [-0.05, 0) is 6.92 Å². The van der Waals surface area contributed by atoms with E-state index in [9.17, 15) is 0 Å². The number of rotatable bonds is 0. The summed E-state index contributed by atoms with van der Waals surface area (Å²) in [4.78, 5) is 0. The minimum Gasteiger partial charge on any atom is -0.379 e. The van der Waals surface area contributed by atoms with Crippen molar-refractivity contribution in [2.24, 2.45) is 5.92 Å². The maximum absolute atomic E-state index is 5.41. The summed E-state index contributed by atoms with van der Waals surface area (Å²) < 4.78 is 26.8. The van der Waals surface area contributed by atoms with E-state index < -0.39 is 0 Å². The molecule has 0 bridgehead atoms. The largest absolute Gasteiger partial charge is 0.379 e. The highest BCUT2D eigenvalue weighted by molar-refractivity contribution is 4.58. The van der Waals surface area contributed by atoms with Gasteiger partial charge >= 0.3 is 0 Å². The molecular weight excluding hydrogens is 224 g/mol. The first-order chi connectivity index (χ1) is 8.39. The molecule has 0 spiro atoms. The Morgan fingerprint density at radius 3 is 1.18 bits per heavy atom. The van der Waals surface area contributed by atoms with Gasteiger partial charge in [0.15, 0.2) is 0 Å². The summed E-state index contributed by atoms with van der Waals surface area (Å²) in [5.74, 6) is 0.159. The molecule has 5 heteroatoms. The van der Waals surface area contributed by atoms with Crippen LogP contribution in [0.25, 0.3) is 0 Å². The van der Waals surface area contributed by atoms with Gasteiger partial charge in [-0.2, -0.15) is 0 Å². The van der Waals surface area contributed by atoms with Crippen molar-refractivity contribution in [3.05, 3.63) is 6.92 Å². The van der Waals surface area contributed by atoms with Gasteiger partial charge in [0.1, 0.15) is 0 Å². The summed E-state index contributed by atoms with van der Waals surface area (Å²) in [6, 6.07) is 0. The first kappa shape index (κ1) is 14.9. The fourth-order valence-electron chi connectivity index (χ4n) is 1.33. The van der Waals surface area contributed by atoms with Gasteiger partial charge in [0, 0.05) is 5.92 Å². The van der Waals surface area contributed by atoms with Crippen molar-refractivity contribution in [3.63, 3.8) is 0 Å². The van der Waals surface area contributed by atoms with Crippen molar-refractivity contribution in [1.82, 2.24) is 0 Å². The molecule has 0 atom stereocenters. The van der Waals surface area contributed by atoms with E-state index in [0.29, 0.717) is 66.1 Å². The zero-order valence-electron chi connectivity index (χ0n) is 10.4. The molecule has 1 radical (unpaired) electrons. The fraction of sp³-hybridized carbons (Fsp3) is 0.917. The summed E-state index contributed by atoms with van der Waals surface area (Å²) in [6.45, 7) is 9.90. The second kappa shape index (κ2) is 10.9. The molecule has 0 amide bonds. The summed E-state index contributed by atoms with van der Waals surface area (Å²) in [5.41, 5.74) is 0. The topological polar surface area (TPSA) is 46.2 Å². The van der Waals surface area contributed by atoms with Crippen LogP contribution in [0.3, 0.4) is 0 Å². The highest BCUT2D eigenvalue weighted by atomic mass is 16.6. The number of ether oxygens (including phenoxy) is 5. The molecule has 0 saturated carbocycles. The van der Waals surface area contributed by atoms with Crippen LogP contribution in [0.15, 0.2) is 0 Å². The highest BCUT2D eigenvalue weighted by Gasteiger charge is 2.03. The second-order valence-electron chi connectivity index (χ2n) is 3.85. The smallest absolute Gasteiger partial charge is 0.0701 e. The number of hydrogen-bond acceptors (Lipinski definition) is 5. The lowest BCUT2D eigenvalue weighted by Gasteiger charge is -2.13. The quantitative estimate of drug-likeness (QED) is 0.625. The van der Waals surface area contributed by atoms with Crippen LogP contribution in [0.1, 0.15) is 0 Å². The van der Waals surface area contributed by atoms with Crippen molar-refractivity contribution in [2.75, 3.05) is 66.1 Å². The summed E-state index contributed by atoms with van der Waals surface area (Å²) >= 11 is 0. The Labute approximate surface area is 103 Å². The number of hydrogen-bond donors (Lipinski definition) is 0. The van der Waals surface area contributed by atoms with Gasteiger partial charge < -0.3 is 23.7 Å². The molecule has 0 aromatic heterocycles. The monoisotopic (exact) mass is 247 g/mol. The van der Waals surface area contributed by atoms with E-state index in [1.807, 2.05) is 0 Å². The van der Waals surface area contributed by atoms with E-state index >= 15 is 0 Å². The van der Waals surface area contributed by atoms with Gasteiger partial charge in [0.05, 0.1) is 66.1 Å². The second-order valence-corrected chi connectivity index (χ2v) is 3.85. The molecule has 0 aliphatic carbocycles. The van der Waals surface area contributed by atoms with Crippen molar-refractivity contribution in [3.8, 4) is 0 Å². The summed E-state index contributed by atoms with van der Waals surface area (Å²) in [5, 5.41) is 0. The minimum atomic E-state index is 0.159. The van der Waals surface area contributed by atoms with E-state index in [2.05, 4.69) is 6.92 Å². The lowest BCUT2D eigenvalue weighted by atomic mass is 10.2. The molecule has 0 N–H and O–H groups in total. The maximum Gasteiger partial charge on any atom is 0.0701 e. The standard InChI is InChI=1S/C12H23O5/c1-12-10-16-8-6-14-4-2-13-3-5-15-7-9-17-11-12/h12H,1-11H2. The van der Waals surface area contributed by atoms with Crippen LogP contribution >= 0.6 is 0 Å². The van der Waals surface area contributed by atoms with Crippen LogP contribution in [0, 0.1) is 12.8 Å². The average Bonchev–Trinajstić information content (AvgIpc) is 2.32. The SMILES string of the molecule is [CH2]C1COCCOCCOCCOCCOC1. The van der Waals surface area contributed by atoms with E-state index in [4.69, 9.17) is 23.7 Å². The van der Waals surface area contributed by atoms with E-state index in [-0.39, 0.29) is 5.92 Å². The molecule has 1 heterocycles. The third-order valence-corrected chi connectivity index (χ3v) is 2.20. The molecular formula is C12H23O5. The van der Waals surface area contributed by atoms with Crippen LogP contribution in [-0.2, 0) is 23.7 Å². The maximum atomic E-state index is 5.41. The minimum absolute atomic E-state index is 0.159. The molecule has 17 heavy (non-hydrogen) atoms. The van der Waals surface area contributed by atoms with Crippen LogP contribution in [0.5, 0.6) is 0 Å². The molecule has 5 nitrogen and oxygen atoms in total. The lowest BCUT2D eigenvalue weighted by molar-refractivity contribution is -0.0283. The first-order valence-corrected chi connectivity index (χ1v) is 6.11. The van der Waals surface area contributed by atoms with Crippen LogP contribution in [0.2, 0.25) is 0 Å². The Morgan fingerprint density at radius 1 is 0.529 bits per heavy atom. The third-order valence-electron chi connectivity index (χ3n) is 2.20. The van der Waals surface area contributed by atoms with Gasteiger partial charge in [-0.1, -0.05) is 0 Å². The molecule has 1 aliphatic rings. The van der Waals surface area contributed by atoms with Gasteiger partial charge in [-0.15, -0.1) is 0 Å². The Morgan fingerprint density at radius 2 is 0.824 bits per heavy atom. The Kier molecular flexibility index (Phi) is 9.55. The highest BCUT2D eigenvalue weighted by Crippen LogP contribution is 1.97. The predicted molar refractivity (Wildman–Crippen MR) is 62.9 cm³/mol. The van der Waals surface area contributed by atoms with Crippen LogP contribution in [-0.4, -0.2) is 66.1 Å². The van der Waals surface area contributed by atoms with Crippen LogP contribution in [0.4, 0.5) is 0 Å². The summed E-state index contributed by atoms with van der Waals surface area (Å²) in [6.07, 6.45) is 0. The van der Waals surface area contributed by atoms with Gasteiger partial charge in [0.25, 0.3) is 0 Å². The average molecular weight is 247 g/mol. The predicted octanol–water partition coefficient (Wildman–Crippen LogP) is 0.533. The fourth-order valence-corrected chi connectivity index (χ4v) is 1.33. The molecule has 0 unspecified atom stereocenters. The van der Waals surface area contributed by atoms with Crippen molar-refractivity contribution < 1.29 is 23.7 Å². The van der Waals surface area contributed by atoms with Gasteiger partial charge in [-0.25, -0.2) is 0 Å². The zero-order valence-corrected chi connectivity index (χ0v) is 10.4. The molecule has 101 valence electrons. The Bertz CT molecular complexity index is 149. The first-order valence-electron chi connectivity index (χ1n) is 6.11. The van der Waals surface area contributed by atoms with Gasteiger partial charge in [-0.3, -0.25) is 0 Å². The Hall–Kier alpha value is -0.200. The molecule has 1 fully saturated rings. The molecule has 1 aliphatic heterocycles. The molecule has 0 aromatic rings. The third kappa shape index (κ3) is 9.50. The van der Waals surface area contributed by atoms with Crippen molar-refractivity contribution in [1.29, 1.82) is 0 Å². The lowest BCUT2D eigenvalue weighted by Crippen LogP contribution is -2.19. The normalized spacial score (nSPS) is 24.5. The van der Waals surface area contributed by atoms with E-state index in [1.54, 1.807) is 0 Å². The zero-order chi connectivity index (χ0) is 12.2.